The van der Waals surface area contributed by atoms with Crippen molar-refractivity contribution in [3.8, 4) is 6.07 Å². The van der Waals surface area contributed by atoms with Gasteiger partial charge >= 0.3 is 0 Å². The third kappa shape index (κ3) is 4.27. The van der Waals surface area contributed by atoms with Crippen molar-refractivity contribution < 1.29 is 4.79 Å². The van der Waals surface area contributed by atoms with Crippen molar-refractivity contribution in [2.75, 3.05) is 17.3 Å². The van der Waals surface area contributed by atoms with Crippen LogP contribution in [0.2, 0.25) is 10.0 Å². The van der Waals surface area contributed by atoms with E-state index in [1.807, 2.05) is 18.2 Å². The maximum atomic E-state index is 12.6. The number of nitrogens with zero attached hydrogens (tertiary/aromatic N) is 2. The number of carbonyl (C=O) groups is 1. The van der Waals surface area contributed by atoms with Crippen LogP contribution in [0.1, 0.15) is 44.2 Å². The molecule has 0 radical (unpaired) electrons. The van der Waals surface area contributed by atoms with Gasteiger partial charge in [-0.05, 0) is 67.7 Å². The van der Waals surface area contributed by atoms with Gasteiger partial charge in [-0.25, -0.2) is 0 Å². The quantitative estimate of drug-likeness (QED) is 0.464. The summed E-state index contributed by atoms with van der Waals surface area (Å²) in [4.78, 5) is 14.8. The molecule has 0 saturated heterocycles. The molecule has 1 N–H and O–H groups in total. The van der Waals surface area contributed by atoms with Gasteiger partial charge in [-0.1, -0.05) is 42.3 Å². The largest absolute Gasteiger partial charge is 0.369 e. The number of para-hydroxylation sites is 1. The molecule has 0 aliphatic carbocycles. The molecular formula is C23H23Cl2N3O. The summed E-state index contributed by atoms with van der Waals surface area (Å²) in [6.07, 6.45) is 2.53. The van der Waals surface area contributed by atoms with Gasteiger partial charge in [0.15, 0.2) is 0 Å². The van der Waals surface area contributed by atoms with Crippen molar-refractivity contribution >= 4 is 46.6 Å². The van der Waals surface area contributed by atoms with Crippen LogP contribution in [-0.2, 0) is 4.79 Å². The minimum absolute atomic E-state index is 0.0275. The second-order valence-electron chi connectivity index (χ2n) is 8.01. The Morgan fingerprint density at radius 1 is 1.28 bits per heavy atom. The van der Waals surface area contributed by atoms with Gasteiger partial charge in [0.2, 0.25) is 0 Å². The zero-order valence-electron chi connectivity index (χ0n) is 16.9. The number of rotatable bonds is 3. The summed E-state index contributed by atoms with van der Waals surface area (Å²) in [5, 5.41) is 13.1. The molecule has 0 fully saturated rings. The van der Waals surface area contributed by atoms with E-state index in [1.165, 1.54) is 6.08 Å². The van der Waals surface area contributed by atoms with Crippen molar-refractivity contribution in [3.63, 3.8) is 0 Å². The fourth-order valence-corrected chi connectivity index (χ4v) is 4.17. The number of nitrogens with one attached hydrogen (secondary N) is 1. The summed E-state index contributed by atoms with van der Waals surface area (Å²) < 4.78 is 0. The molecule has 1 heterocycles. The highest BCUT2D eigenvalue weighted by atomic mass is 35.5. The van der Waals surface area contributed by atoms with Crippen LogP contribution in [0.5, 0.6) is 0 Å². The smallest absolute Gasteiger partial charge is 0.266 e. The topological polar surface area (TPSA) is 56.1 Å². The van der Waals surface area contributed by atoms with Gasteiger partial charge in [0.05, 0.1) is 10.7 Å². The van der Waals surface area contributed by atoms with Crippen LogP contribution >= 0.6 is 23.2 Å². The second kappa shape index (κ2) is 8.10. The normalized spacial score (nSPS) is 18.0. The molecule has 4 nitrogen and oxygen atoms in total. The summed E-state index contributed by atoms with van der Waals surface area (Å²) in [6.45, 7) is 6.60. The molecular weight excluding hydrogens is 405 g/mol. The van der Waals surface area contributed by atoms with E-state index in [1.54, 1.807) is 24.3 Å². The first-order valence-electron chi connectivity index (χ1n) is 9.39. The number of fused-ring (bicyclic) bond motifs is 1. The third-order valence-electron chi connectivity index (χ3n) is 5.54. The minimum atomic E-state index is -0.527. The molecule has 1 atom stereocenters. The highest BCUT2D eigenvalue weighted by Crippen LogP contribution is 2.44. The lowest BCUT2D eigenvalue weighted by atomic mass is 9.80. The van der Waals surface area contributed by atoms with Crippen LogP contribution in [-0.4, -0.2) is 18.5 Å². The number of hydrogen-bond donors (Lipinski definition) is 1. The van der Waals surface area contributed by atoms with Crippen LogP contribution in [0, 0.1) is 11.3 Å². The van der Waals surface area contributed by atoms with Crippen molar-refractivity contribution in [1.29, 1.82) is 5.26 Å². The Bertz CT molecular complexity index is 1040. The van der Waals surface area contributed by atoms with E-state index >= 15 is 0 Å². The molecule has 150 valence electrons. The molecule has 0 aromatic heterocycles. The third-order valence-corrected chi connectivity index (χ3v) is 6.20. The Hall–Kier alpha value is -2.48. The van der Waals surface area contributed by atoms with Gasteiger partial charge < -0.3 is 10.2 Å². The van der Waals surface area contributed by atoms with Crippen molar-refractivity contribution in [3.05, 3.63) is 63.1 Å². The van der Waals surface area contributed by atoms with Crippen molar-refractivity contribution in [2.24, 2.45) is 0 Å². The van der Waals surface area contributed by atoms with E-state index < -0.39 is 5.91 Å². The highest BCUT2D eigenvalue weighted by molar-refractivity contribution is 6.34. The van der Waals surface area contributed by atoms with Crippen LogP contribution in [0.15, 0.2) is 42.0 Å². The Morgan fingerprint density at radius 3 is 2.62 bits per heavy atom. The maximum Gasteiger partial charge on any atom is 0.266 e. The summed E-state index contributed by atoms with van der Waals surface area (Å²) in [7, 11) is 2.06. The van der Waals surface area contributed by atoms with Crippen LogP contribution in [0.3, 0.4) is 0 Å². The number of carbonyl (C=O) groups excluding carboxylic acids is 1. The van der Waals surface area contributed by atoms with E-state index in [0.29, 0.717) is 27.2 Å². The zero-order chi connectivity index (χ0) is 21.3. The minimum Gasteiger partial charge on any atom is -0.369 e. The van der Waals surface area contributed by atoms with Gasteiger partial charge in [-0.2, -0.15) is 5.26 Å². The molecule has 0 bridgehead atoms. The van der Waals surface area contributed by atoms with Gasteiger partial charge in [0.1, 0.15) is 11.6 Å². The van der Waals surface area contributed by atoms with E-state index in [2.05, 4.69) is 38.0 Å². The number of hydrogen-bond acceptors (Lipinski definition) is 3. The monoisotopic (exact) mass is 427 g/mol. The average Bonchev–Trinajstić information content (AvgIpc) is 2.66. The maximum absolute atomic E-state index is 12.6. The van der Waals surface area contributed by atoms with E-state index in [4.69, 9.17) is 23.2 Å². The zero-order valence-corrected chi connectivity index (χ0v) is 18.4. The molecule has 0 unspecified atom stereocenters. The lowest BCUT2D eigenvalue weighted by Gasteiger charge is -2.45. The Morgan fingerprint density at radius 2 is 1.97 bits per heavy atom. The fourth-order valence-electron chi connectivity index (χ4n) is 3.77. The summed E-state index contributed by atoms with van der Waals surface area (Å²) >= 11 is 12.6. The molecule has 2 aromatic carbocycles. The Balaban J connectivity index is 1.97. The fraction of sp³-hybridized carbons (Fsp3) is 0.304. The summed E-state index contributed by atoms with van der Waals surface area (Å²) in [5.74, 6) is -0.191. The average molecular weight is 428 g/mol. The molecule has 2 aromatic rings. The van der Waals surface area contributed by atoms with Crippen LogP contribution in [0.4, 0.5) is 11.4 Å². The lowest BCUT2D eigenvalue weighted by molar-refractivity contribution is -0.112. The van der Waals surface area contributed by atoms with E-state index in [0.717, 1.165) is 17.7 Å². The van der Waals surface area contributed by atoms with Crippen molar-refractivity contribution in [1.82, 2.24) is 0 Å². The van der Waals surface area contributed by atoms with Crippen molar-refractivity contribution in [2.45, 2.75) is 38.6 Å². The summed E-state index contributed by atoms with van der Waals surface area (Å²) in [5.41, 5.74) is 3.33. The SMILES string of the molecule is C[C@H]1CC(C)(C)N(C)c2cc(Cl)c(/C=C(/C#N)C(=O)Nc3ccccc3Cl)cc21. The molecule has 0 spiro atoms. The van der Waals surface area contributed by atoms with Gasteiger partial charge in [-0.15, -0.1) is 0 Å². The Kier molecular flexibility index (Phi) is 5.93. The Labute approximate surface area is 181 Å². The van der Waals surface area contributed by atoms with Crippen LogP contribution in [0.25, 0.3) is 6.08 Å². The van der Waals surface area contributed by atoms with Gasteiger partial charge in [0, 0.05) is 23.3 Å². The van der Waals surface area contributed by atoms with E-state index in [-0.39, 0.29) is 11.1 Å². The van der Waals surface area contributed by atoms with E-state index in [9.17, 15) is 10.1 Å². The number of nitriles is 1. The molecule has 29 heavy (non-hydrogen) atoms. The molecule has 3 rings (SSSR count). The van der Waals surface area contributed by atoms with Gasteiger partial charge in [-0.3, -0.25) is 4.79 Å². The standard InChI is InChI=1S/C23H23Cl2N3O/c1-14-12-23(2,3)28(4)21-11-19(25)15(10-17(14)21)9-16(13-26)22(29)27-20-8-6-5-7-18(20)24/h5-11,14H,12H2,1-4H3,(H,27,29)/b16-9-/t14-/m0/s1. The predicted octanol–water partition coefficient (Wildman–Crippen LogP) is 6.26. The molecule has 1 amide bonds. The number of halogens is 2. The molecule has 1 aliphatic heterocycles. The number of benzene rings is 2. The molecule has 0 saturated carbocycles. The highest BCUT2D eigenvalue weighted by Gasteiger charge is 2.34. The first kappa shape index (κ1) is 21.2. The lowest BCUT2D eigenvalue weighted by Crippen LogP contribution is -2.45. The van der Waals surface area contributed by atoms with Crippen LogP contribution < -0.4 is 10.2 Å². The van der Waals surface area contributed by atoms with Gasteiger partial charge in [0.25, 0.3) is 5.91 Å². The number of anilines is 2. The summed E-state index contributed by atoms with van der Waals surface area (Å²) in [6, 6.07) is 12.7. The first-order valence-corrected chi connectivity index (χ1v) is 10.1. The molecule has 1 aliphatic rings. The second-order valence-corrected chi connectivity index (χ2v) is 8.83. The first-order chi connectivity index (χ1) is 13.6. The number of amides is 1. The predicted molar refractivity (Wildman–Crippen MR) is 121 cm³/mol. The molecule has 6 heteroatoms.